The molecule has 1 aliphatic carbocycles. The highest BCUT2D eigenvalue weighted by molar-refractivity contribution is 7.99. The number of hydrogen-bond donors (Lipinski definition) is 1. The zero-order valence-electron chi connectivity index (χ0n) is 16.2. The fourth-order valence-corrected chi connectivity index (χ4v) is 6.03. The highest BCUT2D eigenvalue weighted by Gasteiger charge is 2.53. The van der Waals surface area contributed by atoms with Crippen LogP contribution in [0.5, 0.6) is 0 Å². The standard InChI is InChI=1S/C22H32N2OS/c1-17(2)7-10-23-11-8-22(9-12-23)19-6-4-3-5-18(19)20(21(22)25)24-13-15-26-16-14-24/h3-7,20-21,25H,8-16H2,1-2H3/t20-,21+/m1/s1. The second-order valence-corrected chi connectivity index (χ2v) is 9.59. The molecule has 142 valence electrons. The van der Waals surface area contributed by atoms with Crippen molar-refractivity contribution in [2.45, 2.75) is 44.2 Å². The van der Waals surface area contributed by atoms with Crippen LogP contribution in [0, 0.1) is 0 Å². The highest BCUT2D eigenvalue weighted by Crippen LogP contribution is 2.53. The first-order chi connectivity index (χ1) is 12.6. The average Bonchev–Trinajstić information content (AvgIpc) is 2.91. The number of nitrogens with zero attached hydrogens (tertiary/aromatic N) is 2. The Hall–Kier alpha value is -0.810. The molecule has 0 saturated carbocycles. The molecule has 26 heavy (non-hydrogen) atoms. The molecule has 2 aliphatic heterocycles. The Kier molecular flexibility index (Phi) is 5.47. The summed E-state index contributed by atoms with van der Waals surface area (Å²) in [6.07, 6.45) is 4.20. The lowest BCUT2D eigenvalue weighted by molar-refractivity contribution is -0.0117. The maximum atomic E-state index is 11.6. The summed E-state index contributed by atoms with van der Waals surface area (Å²) in [4.78, 5) is 5.09. The zero-order chi connectivity index (χ0) is 18.1. The molecule has 1 N–H and O–H groups in total. The predicted molar refractivity (Wildman–Crippen MR) is 111 cm³/mol. The largest absolute Gasteiger partial charge is 0.390 e. The molecule has 0 bridgehead atoms. The Balaban J connectivity index is 1.58. The molecular weight excluding hydrogens is 340 g/mol. The fourth-order valence-electron chi connectivity index (χ4n) is 5.10. The molecule has 1 spiro atoms. The first-order valence-corrected chi connectivity index (χ1v) is 11.2. The van der Waals surface area contributed by atoms with Crippen LogP contribution >= 0.6 is 11.8 Å². The molecular formula is C22H32N2OS. The summed E-state index contributed by atoms with van der Waals surface area (Å²) in [7, 11) is 0. The van der Waals surface area contributed by atoms with Crippen LogP contribution in [0.1, 0.15) is 43.9 Å². The third kappa shape index (κ3) is 3.26. The Morgan fingerprint density at radius 2 is 1.85 bits per heavy atom. The molecule has 3 aliphatic rings. The van der Waals surface area contributed by atoms with Gasteiger partial charge in [-0.2, -0.15) is 11.8 Å². The molecule has 2 saturated heterocycles. The van der Waals surface area contributed by atoms with Gasteiger partial charge >= 0.3 is 0 Å². The lowest BCUT2D eigenvalue weighted by Gasteiger charge is -2.44. The molecule has 2 heterocycles. The number of fused-ring (bicyclic) bond motifs is 2. The Morgan fingerprint density at radius 3 is 2.54 bits per heavy atom. The minimum Gasteiger partial charge on any atom is -0.390 e. The Labute approximate surface area is 162 Å². The number of rotatable bonds is 3. The van der Waals surface area contributed by atoms with E-state index in [4.69, 9.17) is 0 Å². The monoisotopic (exact) mass is 372 g/mol. The summed E-state index contributed by atoms with van der Waals surface area (Å²) in [5, 5.41) is 11.6. The number of aliphatic hydroxyl groups is 1. The summed E-state index contributed by atoms with van der Waals surface area (Å²) < 4.78 is 0. The van der Waals surface area contributed by atoms with Crippen LogP contribution in [0.2, 0.25) is 0 Å². The van der Waals surface area contributed by atoms with Gasteiger partial charge in [0.2, 0.25) is 0 Å². The maximum absolute atomic E-state index is 11.6. The first kappa shape index (κ1) is 18.5. The number of benzene rings is 1. The van der Waals surface area contributed by atoms with E-state index >= 15 is 0 Å². The van der Waals surface area contributed by atoms with Gasteiger partial charge in [0.1, 0.15) is 0 Å². The van der Waals surface area contributed by atoms with Gasteiger partial charge in [-0.25, -0.2) is 0 Å². The van der Waals surface area contributed by atoms with Crippen molar-refractivity contribution in [3.8, 4) is 0 Å². The number of likely N-dealkylation sites (tertiary alicyclic amines) is 1. The summed E-state index contributed by atoms with van der Waals surface area (Å²) >= 11 is 2.04. The lowest BCUT2D eigenvalue weighted by Crippen LogP contribution is -2.50. The van der Waals surface area contributed by atoms with Crippen LogP contribution < -0.4 is 0 Å². The maximum Gasteiger partial charge on any atom is 0.0834 e. The van der Waals surface area contributed by atoms with Gasteiger partial charge in [-0.3, -0.25) is 9.80 Å². The van der Waals surface area contributed by atoms with Gasteiger partial charge in [-0.05, 0) is 50.9 Å². The van der Waals surface area contributed by atoms with Gasteiger partial charge in [0.25, 0.3) is 0 Å². The van der Waals surface area contributed by atoms with E-state index in [1.54, 1.807) is 0 Å². The number of piperidine rings is 1. The number of hydrogen-bond acceptors (Lipinski definition) is 4. The van der Waals surface area contributed by atoms with Gasteiger partial charge in [0.05, 0.1) is 12.1 Å². The van der Waals surface area contributed by atoms with Gasteiger partial charge < -0.3 is 5.11 Å². The third-order valence-corrected chi connectivity index (χ3v) is 7.57. The zero-order valence-corrected chi connectivity index (χ0v) is 17.0. The van der Waals surface area contributed by atoms with E-state index in [1.807, 2.05) is 11.8 Å². The number of aliphatic hydroxyl groups excluding tert-OH is 1. The van der Waals surface area contributed by atoms with E-state index in [9.17, 15) is 5.11 Å². The molecule has 2 fully saturated rings. The van der Waals surface area contributed by atoms with Crippen molar-refractivity contribution >= 4 is 11.8 Å². The normalized spacial score (nSPS) is 28.9. The molecule has 0 radical (unpaired) electrons. The quantitative estimate of drug-likeness (QED) is 0.822. The van der Waals surface area contributed by atoms with E-state index in [-0.39, 0.29) is 17.6 Å². The minimum atomic E-state index is -0.270. The summed E-state index contributed by atoms with van der Waals surface area (Å²) in [6.45, 7) is 9.75. The van der Waals surface area contributed by atoms with Crippen molar-refractivity contribution in [2.24, 2.45) is 0 Å². The predicted octanol–water partition coefficient (Wildman–Crippen LogP) is 3.45. The topological polar surface area (TPSA) is 26.7 Å². The molecule has 1 aromatic rings. The van der Waals surface area contributed by atoms with Crippen molar-refractivity contribution in [1.29, 1.82) is 0 Å². The molecule has 0 amide bonds. The van der Waals surface area contributed by atoms with Crippen LogP contribution in [0.15, 0.2) is 35.9 Å². The highest BCUT2D eigenvalue weighted by atomic mass is 32.2. The van der Waals surface area contributed by atoms with E-state index < -0.39 is 0 Å². The van der Waals surface area contributed by atoms with E-state index in [0.717, 1.165) is 45.6 Å². The van der Waals surface area contributed by atoms with Crippen LogP contribution in [0.3, 0.4) is 0 Å². The van der Waals surface area contributed by atoms with Crippen molar-refractivity contribution in [3.05, 3.63) is 47.0 Å². The molecule has 3 nitrogen and oxygen atoms in total. The SMILES string of the molecule is CC(C)=CCN1CCC2(CC1)c1ccccc1[C@@H](N1CCSCC1)[C@@H]2O. The lowest BCUT2D eigenvalue weighted by atomic mass is 9.72. The van der Waals surface area contributed by atoms with Crippen LogP contribution in [-0.4, -0.2) is 65.2 Å². The summed E-state index contributed by atoms with van der Waals surface area (Å²) in [6, 6.07) is 9.08. The second kappa shape index (κ2) is 7.67. The summed E-state index contributed by atoms with van der Waals surface area (Å²) in [5.74, 6) is 2.38. The van der Waals surface area contributed by atoms with Crippen LogP contribution in [0.4, 0.5) is 0 Å². The molecule has 4 rings (SSSR count). The smallest absolute Gasteiger partial charge is 0.0834 e. The fraction of sp³-hybridized carbons (Fsp3) is 0.636. The van der Waals surface area contributed by atoms with Crippen molar-refractivity contribution in [1.82, 2.24) is 9.80 Å². The molecule has 0 aromatic heterocycles. The molecule has 1 aromatic carbocycles. The molecule has 0 unspecified atom stereocenters. The van der Waals surface area contributed by atoms with E-state index in [0.29, 0.717) is 0 Å². The van der Waals surface area contributed by atoms with Gasteiger partial charge in [0, 0.05) is 36.6 Å². The van der Waals surface area contributed by atoms with Crippen LogP contribution in [-0.2, 0) is 5.41 Å². The average molecular weight is 373 g/mol. The number of allylic oxidation sites excluding steroid dienone is 1. The minimum absolute atomic E-state index is 0.0483. The van der Waals surface area contributed by atoms with Crippen molar-refractivity contribution in [3.63, 3.8) is 0 Å². The second-order valence-electron chi connectivity index (χ2n) is 8.36. The van der Waals surface area contributed by atoms with Crippen molar-refractivity contribution in [2.75, 3.05) is 44.2 Å². The van der Waals surface area contributed by atoms with E-state index in [2.05, 4.69) is 54.0 Å². The summed E-state index contributed by atoms with van der Waals surface area (Å²) in [5.41, 5.74) is 4.16. The first-order valence-electron chi connectivity index (χ1n) is 10.1. The molecule has 4 heteroatoms. The van der Waals surface area contributed by atoms with Crippen LogP contribution in [0.25, 0.3) is 0 Å². The van der Waals surface area contributed by atoms with Gasteiger partial charge in [-0.1, -0.05) is 35.9 Å². The van der Waals surface area contributed by atoms with Gasteiger partial charge in [0.15, 0.2) is 0 Å². The van der Waals surface area contributed by atoms with Crippen molar-refractivity contribution < 1.29 is 5.11 Å². The molecule has 2 atom stereocenters. The Bertz CT molecular complexity index is 656. The van der Waals surface area contributed by atoms with Gasteiger partial charge in [-0.15, -0.1) is 0 Å². The third-order valence-electron chi connectivity index (χ3n) is 6.63. The van der Waals surface area contributed by atoms with E-state index in [1.165, 1.54) is 28.2 Å². The number of thioether (sulfide) groups is 1. The Morgan fingerprint density at radius 1 is 1.15 bits per heavy atom.